The first-order valence-electron chi connectivity index (χ1n) is 18.8. The van der Waals surface area contributed by atoms with Crippen LogP contribution in [-0.2, 0) is 13.1 Å². The van der Waals surface area contributed by atoms with Gasteiger partial charge in [0.2, 0.25) is 11.0 Å². The largest absolute Gasteiger partial charge is 1.00 e. The number of hydrazone groups is 2. The van der Waals surface area contributed by atoms with E-state index in [0.29, 0.717) is 11.0 Å². The van der Waals surface area contributed by atoms with E-state index in [0.717, 1.165) is 56.8 Å². The Labute approximate surface area is 366 Å². The Morgan fingerprint density at radius 3 is 1.30 bits per heavy atom. The first kappa shape index (κ1) is 41.2. The Balaban J connectivity index is 0.00000272. The summed E-state index contributed by atoms with van der Waals surface area (Å²) in [6, 6.07) is 51.5. The molecule has 0 fully saturated rings. The second kappa shape index (κ2) is 18.7. The number of aromatic nitrogens is 4. The summed E-state index contributed by atoms with van der Waals surface area (Å²) < 4.78 is 4.38. The van der Waals surface area contributed by atoms with Crippen molar-refractivity contribution in [2.75, 3.05) is 0 Å². The summed E-state index contributed by atoms with van der Waals surface area (Å²) >= 11 is 0. The van der Waals surface area contributed by atoms with Gasteiger partial charge in [-0.2, -0.15) is 19.3 Å². The number of hydrogen-bond acceptors (Lipinski definition) is 6. The fourth-order valence-corrected chi connectivity index (χ4v) is 7.13. The molecule has 0 aliphatic carbocycles. The number of nitrogens with zero attached hydrogens (tertiary/aromatic N) is 6. The van der Waals surface area contributed by atoms with Crippen molar-refractivity contribution in [3.8, 4) is 0 Å². The van der Waals surface area contributed by atoms with Crippen molar-refractivity contribution in [2.45, 2.75) is 13.1 Å². The van der Waals surface area contributed by atoms with E-state index in [4.69, 9.17) is 0 Å². The molecule has 4 aromatic heterocycles. The molecule has 5 aromatic carbocycles. The van der Waals surface area contributed by atoms with Crippen LogP contribution in [0.3, 0.4) is 0 Å². The zero-order valence-electron chi connectivity index (χ0n) is 32.0. The van der Waals surface area contributed by atoms with Gasteiger partial charge in [0.15, 0.2) is 25.5 Å². The molecule has 2 amide bonds. The first-order valence-corrected chi connectivity index (χ1v) is 18.8. The summed E-state index contributed by atoms with van der Waals surface area (Å²) in [5, 5.41) is 12.1. The number of carbonyl (C=O) groups is 2. The third-order valence-corrected chi connectivity index (χ3v) is 10.0. The van der Waals surface area contributed by atoms with Crippen molar-refractivity contribution in [3.63, 3.8) is 0 Å². The standard InChI is InChI=1S/C48H34N8O2.2BrH/c57-47(53-49-29-37-25-27-55(31-33-11-3-1-4-12-33)43-17-9-7-15-39(37)43)41-23-21-35-19-20-36-22-24-42(52-46(36)45(35)51-41)48(58)54-50-30-38-26-28-56(32-34-13-5-2-6-14-34)44-18-10-8-16-40(38)44;;/h1-30H,31-32H2;2*1H. The second-order valence-corrected chi connectivity index (χ2v) is 13.8. The van der Waals surface area contributed by atoms with E-state index >= 15 is 0 Å². The molecule has 0 saturated heterocycles. The highest BCUT2D eigenvalue weighted by molar-refractivity contribution is 6.07. The zero-order chi connectivity index (χ0) is 39.3. The van der Waals surface area contributed by atoms with Crippen LogP contribution in [0.2, 0.25) is 0 Å². The van der Waals surface area contributed by atoms with Gasteiger partial charge in [-0.25, -0.2) is 20.8 Å². The van der Waals surface area contributed by atoms with Gasteiger partial charge in [-0.1, -0.05) is 109 Å². The number of fused-ring (bicyclic) bond motifs is 5. The molecule has 9 rings (SSSR count). The highest BCUT2D eigenvalue weighted by Gasteiger charge is 2.16. The molecule has 0 atom stereocenters. The number of pyridine rings is 4. The van der Waals surface area contributed by atoms with Crippen LogP contribution >= 0.6 is 0 Å². The lowest BCUT2D eigenvalue weighted by atomic mass is 10.1. The highest BCUT2D eigenvalue weighted by Crippen LogP contribution is 2.24. The van der Waals surface area contributed by atoms with Gasteiger partial charge in [0.25, 0.3) is 11.8 Å². The van der Waals surface area contributed by atoms with Crippen LogP contribution in [0.15, 0.2) is 180 Å². The molecule has 0 aliphatic heterocycles. The normalized spacial score (nSPS) is 11.2. The van der Waals surface area contributed by atoms with Gasteiger partial charge in [-0.15, -0.1) is 0 Å². The van der Waals surface area contributed by atoms with Crippen LogP contribution < -0.4 is 53.9 Å². The predicted octanol–water partition coefficient (Wildman–Crippen LogP) is 1.30. The number of halogens is 2. The lowest BCUT2D eigenvalue weighted by molar-refractivity contribution is -0.662. The molecule has 9 aromatic rings. The first-order chi connectivity index (χ1) is 28.6. The Hall–Kier alpha value is -7.02. The Morgan fingerprint density at radius 2 is 0.867 bits per heavy atom. The van der Waals surface area contributed by atoms with E-state index in [2.05, 4.69) is 76.6 Å². The molecule has 0 bridgehead atoms. The van der Waals surface area contributed by atoms with Crippen molar-refractivity contribution in [3.05, 3.63) is 204 Å². The van der Waals surface area contributed by atoms with Crippen LogP contribution in [0.1, 0.15) is 43.2 Å². The minimum Gasteiger partial charge on any atom is -1.00 e. The summed E-state index contributed by atoms with van der Waals surface area (Å²) in [7, 11) is 0. The number of nitrogens with one attached hydrogen (secondary N) is 2. The Morgan fingerprint density at radius 1 is 0.483 bits per heavy atom. The molecule has 0 aliphatic rings. The van der Waals surface area contributed by atoms with Crippen molar-refractivity contribution in [2.24, 2.45) is 10.2 Å². The van der Waals surface area contributed by atoms with Gasteiger partial charge in [0.1, 0.15) is 11.4 Å². The summed E-state index contributed by atoms with van der Waals surface area (Å²) in [6.07, 6.45) is 7.33. The topological polar surface area (TPSA) is 116 Å². The van der Waals surface area contributed by atoms with Crippen molar-refractivity contribution in [1.29, 1.82) is 0 Å². The summed E-state index contributed by atoms with van der Waals surface area (Å²) in [4.78, 5) is 36.0. The molecule has 294 valence electrons. The number of para-hydroxylation sites is 2. The van der Waals surface area contributed by atoms with Crippen LogP contribution in [0, 0.1) is 0 Å². The van der Waals surface area contributed by atoms with E-state index in [9.17, 15) is 9.59 Å². The van der Waals surface area contributed by atoms with Gasteiger partial charge < -0.3 is 34.0 Å². The fraction of sp³-hybridized carbons (Fsp3) is 0.0417. The fourth-order valence-electron chi connectivity index (χ4n) is 7.13. The molecule has 0 saturated carbocycles. The number of rotatable bonds is 10. The van der Waals surface area contributed by atoms with Crippen LogP contribution in [0.5, 0.6) is 0 Å². The molecule has 0 radical (unpaired) electrons. The molecule has 2 N–H and O–H groups in total. The van der Waals surface area contributed by atoms with Gasteiger partial charge >= 0.3 is 0 Å². The minimum atomic E-state index is -0.475. The average Bonchev–Trinajstić information content (AvgIpc) is 3.28. The minimum absolute atomic E-state index is 0. The average molecular weight is 917 g/mol. The number of amides is 2. The monoisotopic (exact) mass is 914 g/mol. The predicted molar refractivity (Wildman–Crippen MR) is 227 cm³/mol. The second-order valence-electron chi connectivity index (χ2n) is 13.8. The summed E-state index contributed by atoms with van der Waals surface area (Å²) in [5.41, 5.74) is 12.8. The van der Waals surface area contributed by atoms with Gasteiger partial charge in [-0.05, 0) is 24.3 Å². The summed E-state index contributed by atoms with van der Waals surface area (Å²) in [5.74, 6) is -0.950. The molecular weight excluding hydrogens is 880 g/mol. The smallest absolute Gasteiger partial charge is 0.289 e. The van der Waals surface area contributed by atoms with Gasteiger partial charge in [0.05, 0.1) is 34.2 Å². The Bertz CT molecular complexity index is 2860. The third-order valence-electron chi connectivity index (χ3n) is 10.0. The maximum atomic E-state index is 13.3. The van der Waals surface area contributed by atoms with E-state index in [-0.39, 0.29) is 45.4 Å². The molecule has 60 heavy (non-hydrogen) atoms. The third kappa shape index (κ3) is 8.85. The van der Waals surface area contributed by atoms with E-state index in [1.165, 1.54) is 11.1 Å². The quantitative estimate of drug-likeness (QED) is 0.0933. The zero-order valence-corrected chi connectivity index (χ0v) is 35.2. The van der Waals surface area contributed by atoms with Crippen LogP contribution in [0.25, 0.3) is 43.6 Å². The number of hydrogen-bond donors (Lipinski definition) is 2. The van der Waals surface area contributed by atoms with Gasteiger partial charge in [-0.3, -0.25) is 9.59 Å². The van der Waals surface area contributed by atoms with Crippen LogP contribution in [-0.4, -0.2) is 34.2 Å². The molecule has 0 unspecified atom stereocenters. The number of carbonyl (C=O) groups excluding carboxylic acids is 2. The Kier molecular flexibility index (Phi) is 12.8. The molecule has 0 spiro atoms. The number of benzene rings is 5. The molecule has 4 heterocycles. The lowest BCUT2D eigenvalue weighted by Gasteiger charge is -2.07. The van der Waals surface area contributed by atoms with E-state index in [1.807, 2.05) is 122 Å². The lowest BCUT2D eigenvalue weighted by Crippen LogP contribution is -3.00. The van der Waals surface area contributed by atoms with Crippen molar-refractivity contribution >= 4 is 67.9 Å². The SMILES string of the molecule is O=C(N/N=C/c1cc[n+](Cc2ccccc2)c2ccccc12)c1ccc2ccc3ccc(C(=O)N/N=C/c4cc[n+](Cc5ccccc5)c5ccccc45)nc3c2n1.[Br-].[Br-]. The maximum Gasteiger partial charge on any atom is 0.289 e. The van der Waals surface area contributed by atoms with Gasteiger partial charge in [0, 0.05) is 57.3 Å². The van der Waals surface area contributed by atoms with E-state index < -0.39 is 11.8 Å². The van der Waals surface area contributed by atoms with Crippen LogP contribution in [0.4, 0.5) is 0 Å². The maximum absolute atomic E-state index is 13.3. The molecular formula is C48H36Br2N8O2. The molecule has 12 heteroatoms. The van der Waals surface area contributed by atoms with Crippen molar-refractivity contribution in [1.82, 2.24) is 20.8 Å². The summed E-state index contributed by atoms with van der Waals surface area (Å²) in [6.45, 7) is 1.46. The molecule has 10 nitrogen and oxygen atoms in total. The van der Waals surface area contributed by atoms with Crippen molar-refractivity contribution < 1.29 is 52.7 Å². The van der Waals surface area contributed by atoms with E-state index in [1.54, 1.807) is 24.6 Å². The highest BCUT2D eigenvalue weighted by atomic mass is 79.9.